The first-order chi connectivity index (χ1) is 12.3. The highest BCUT2D eigenvalue weighted by molar-refractivity contribution is 7.92. The third-order valence-electron chi connectivity index (χ3n) is 4.00. The fourth-order valence-corrected chi connectivity index (χ4v) is 3.88. The smallest absolute Gasteiger partial charge is 0.263 e. The molecule has 3 rings (SSSR count). The second-order valence-electron chi connectivity index (χ2n) is 6.25. The van der Waals surface area contributed by atoms with E-state index in [9.17, 15) is 8.42 Å². The maximum absolute atomic E-state index is 12.3. The Kier molecular flexibility index (Phi) is 4.95. The van der Waals surface area contributed by atoms with Crippen LogP contribution in [0.3, 0.4) is 0 Å². The number of hydrogen-bond acceptors (Lipinski definition) is 4. The van der Waals surface area contributed by atoms with Crippen LogP contribution in [0.15, 0.2) is 65.7 Å². The number of sulfonamides is 1. The number of aromatic nitrogens is 1. The molecular weight excluding hydrogens is 346 g/mol. The molecule has 26 heavy (non-hydrogen) atoms. The minimum Gasteiger partial charge on any atom is -0.354 e. The van der Waals surface area contributed by atoms with Crippen LogP contribution in [0.2, 0.25) is 0 Å². The Bertz CT molecular complexity index is 992. The maximum Gasteiger partial charge on any atom is 0.263 e. The molecule has 0 radical (unpaired) electrons. The molecule has 0 aliphatic heterocycles. The van der Waals surface area contributed by atoms with Gasteiger partial charge < -0.3 is 5.32 Å². The Morgan fingerprint density at radius 3 is 2.12 bits per heavy atom. The van der Waals surface area contributed by atoms with Gasteiger partial charge in [0.2, 0.25) is 0 Å². The number of aryl methyl sites for hydroxylation is 3. The summed E-state index contributed by atoms with van der Waals surface area (Å²) >= 11 is 0. The van der Waals surface area contributed by atoms with E-state index >= 15 is 0 Å². The van der Waals surface area contributed by atoms with Crippen LogP contribution >= 0.6 is 0 Å². The van der Waals surface area contributed by atoms with E-state index in [1.54, 1.807) is 48.7 Å². The molecular formula is C20H21N3O2S. The van der Waals surface area contributed by atoms with Crippen molar-refractivity contribution in [2.45, 2.75) is 25.7 Å². The first kappa shape index (κ1) is 17.9. The largest absolute Gasteiger partial charge is 0.354 e. The van der Waals surface area contributed by atoms with Gasteiger partial charge in [-0.1, -0.05) is 35.9 Å². The zero-order valence-electron chi connectivity index (χ0n) is 14.9. The van der Waals surface area contributed by atoms with Crippen LogP contribution in [0.4, 0.5) is 17.2 Å². The van der Waals surface area contributed by atoms with Gasteiger partial charge in [0.05, 0.1) is 16.8 Å². The molecule has 0 saturated carbocycles. The summed E-state index contributed by atoms with van der Waals surface area (Å²) in [7, 11) is -3.64. The average molecular weight is 367 g/mol. The number of nitrogens with zero attached hydrogens (tertiary/aromatic N) is 1. The van der Waals surface area contributed by atoms with Crippen LogP contribution < -0.4 is 10.0 Å². The number of nitrogens with one attached hydrogen (secondary N) is 2. The highest BCUT2D eigenvalue weighted by Crippen LogP contribution is 2.26. The van der Waals surface area contributed by atoms with Crippen LogP contribution in [0.1, 0.15) is 16.7 Å². The molecule has 0 bridgehead atoms. The van der Waals surface area contributed by atoms with Gasteiger partial charge in [0.25, 0.3) is 10.0 Å². The average Bonchev–Trinajstić information content (AvgIpc) is 2.60. The molecule has 0 fully saturated rings. The molecule has 2 N–H and O–H groups in total. The number of hydrogen-bond donors (Lipinski definition) is 2. The minimum atomic E-state index is -3.64. The zero-order valence-corrected chi connectivity index (χ0v) is 15.8. The lowest BCUT2D eigenvalue weighted by Crippen LogP contribution is -2.13. The van der Waals surface area contributed by atoms with Gasteiger partial charge in [0.1, 0.15) is 5.82 Å². The Labute approximate surface area is 154 Å². The molecule has 0 atom stereocenters. The van der Waals surface area contributed by atoms with Gasteiger partial charge in [-0.05, 0) is 56.2 Å². The van der Waals surface area contributed by atoms with Crippen molar-refractivity contribution in [2.75, 3.05) is 10.0 Å². The summed E-state index contributed by atoms with van der Waals surface area (Å²) in [6, 6.07) is 15.9. The predicted octanol–water partition coefficient (Wildman–Crippen LogP) is 4.55. The van der Waals surface area contributed by atoms with E-state index in [4.69, 9.17) is 0 Å². The molecule has 134 valence electrons. The van der Waals surface area contributed by atoms with Gasteiger partial charge in [0, 0.05) is 5.69 Å². The lowest BCUT2D eigenvalue weighted by molar-refractivity contribution is 0.601. The van der Waals surface area contributed by atoms with E-state index in [1.807, 2.05) is 0 Å². The van der Waals surface area contributed by atoms with Crippen LogP contribution in [-0.4, -0.2) is 13.4 Å². The normalized spacial score (nSPS) is 11.2. The summed E-state index contributed by atoms with van der Waals surface area (Å²) in [4.78, 5) is 4.41. The standard InChI is InChI=1S/C20H21N3O2S/c1-14-11-15(2)20(16(3)12-14)22-17-9-10-19(21-13-17)23-26(24,25)18-7-5-4-6-8-18/h4-13,22H,1-3H3,(H,21,23). The minimum absolute atomic E-state index is 0.204. The lowest BCUT2D eigenvalue weighted by atomic mass is 10.1. The molecule has 0 saturated heterocycles. The van der Waals surface area contributed by atoms with Crippen molar-refractivity contribution in [3.8, 4) is 0 Å². The van der Waals surface area contributed by atoms with Crippen LogP contribution in [0, 0.1) is 20.8 Å². The van der Waals surface area contributed by atoms with E-state index in [0.717, 1.165) is 22.5 Å². The van der Waals surface area contributed by atoms with Crippen molar-refractivity contribution in [2.24, 2.45) is 0 Å². The second-order valence-corrected chi connectivity index (χ2v) is 7.93. The van der Waals surface area contributed by atoms with E-state index < -0.39 is 10.0 Å². The lowest BCUT2D eigenvalue weighted by Gasteiger charge is -2.14. The van der Waals surface area contributed by atoms with Crippen LogP contribution in [0.25, 0.3) is 0 Å². The topological polar surface area (TPSA) is 71.1 Å². The SMILES string of the molecule is Cc1cc(C)c(Nc2ccc(NS(=O)(=O)c3ccccc3)nc2)c(C)c1. The monoisotopic (exact) mass is 367 g/mol. The van der Waals surface area contributed by atoms with Crippen molar-refractivity contribution in [3.63, 3.8) is 0 Å². The fraction of sp³-hybridized carbons (Fsp3) is 0.150. The molecule has 0 aliphatic carbocycles. The highest BCUT2D eigenvalue weighted by atomic mass is 32.2. The number of pyridine rings is 1. The van der Waals surface area contributed by atoms with Gasteiger partial charge >= 0.3 is 0 Å². The van der Waals surface area contributed by atoms with E-state index in [2.05, 4.69) is 47.9 Å². The van der Waals surface area contributed by atoms with Crippen molar-refractivity contribution < 1.29 is 8.42 Å². The Morgan fingerprint density at radius 1 is 0.885 bits per heavy atom. The van der Waals surface area contributed by atoms with Gasteiger partial charge in [-0.15, -0.1) is 0 Å². The van der Waals surface area contributed by atoms with Crippen molar-refractivity contribution >= 4 is 27.2 Å². The summed E-state index contributed by atoms with van der Waals surface area (Å²) in [6.07, 6.45) is 1.61. The summed E-state index contributed by atoms with van der Waals surface area (Å²) in [5.41, 5.74) is 5.35. The molecule has 6 heteroatoms. The molecule has 1 heterocycles. The van der Waals surface area contributed by atoms with Gasteiger partial charge in [-0.25, -0.2) is 13.4 Å². The first-order valence-electron chi connectivity index (χ1n) is 8.24. The summed E-state index contributed by atoms with van der Waals surface area (Å²) in [6.45, 7) is 6.18. The van der Waals surface area contributed by atoms with Crippen molar-refractivity contribution in [1.82, 2.24) is 4.98 Å². The molecule has 2 aromatic carbocycles. The number of benzene rings is 2. The molecule has 0 aliphatic rings. The zero-order chi connectivity index (χ0) is 18.7. The van der Waals surface area contributed by atoms with Crippen molar-refractivity contribution in [1.29, 1.82) is 0 Å². The second kappa shape index (κ2) is 7.17. The molecule has 0 spiro atoms. The van der Waals surface area contributed by atoms with Crippen LogP contribution in [-0.2, 0) is 10.0 Å². The highest BCUT2D eigenvalue weighted by Gasteiger charge is 2.14. The molecule has 0 unspecified atom stereocenters. The molecule has 0 amide bonds. The van der Waals surface area contributed by atoms with E-state index in [1.165, 1.54) is 5.56 Å². The molecule has 1 aromatic heterocycles. The third kappa shape index (κ3) is 4.03. The first-order valence-corrected chi connectivity index (χ1v) is 9.72. The molecule has 5 nitrogen and oxygen atoms in total. The number of anilines is 3. The summed E-state index contributed by atoms with van der Waals surface area (Å²) < 4.78 is 27.2. The van der Waals surface area contributed by atoms with Gasteiger partial charge in [-0.3, -0.25) is 4.72 Å². The summed E-state index contributed by atoms with van der Waals surface area (Å²) in [5, 5.41) is 3.35. The Balaban J connectivity index is 1.77. The third-order valence-corrected chi connectivity index (χ3v) is 5.37. The Morgan fingerprint density at radius 2 is 1.54 bits per heavy atom. The van der Waals surface area contributed by atoms with E-state index in [-0.39, 0.29) is 10.7 Å². The fourth-order valence-electron chi connectivity index (χ4n) is 2.85. The predicted molar refractivity (Wildman–Crippen MR) is 105 cm³/mol. The van der Waals surface area contributed by atoms with Crippen LogP contribution in [0.5, 0.6) is 0 Å². The number of rotatable bonds is 5. The maximum atomic E-state index is 12.3. The Hall–Kier alpha value is -2.86. The van der Waals surface area contributed by atoms with Crippen molar-refractivity contribution in [3.05, 3.63) is 77.5 Å². The van der Waals surface area contributed by atoms with Gasteiger partial charge in [0.15, 0.2) is 0 Å². The quantitative estimate of drug-likeness (QED) is 0.694. The van der Waals surface area contributed by atoms with Gasteiger partial charge in [-0.2, -0.15) is 0 Å². The van der Waals surface area contributed by atoms with E-state index in [0.29, 0.717) is 0 Å². The summed E-state index contributed by atoms with van der Waals surface area (Å²) in [5.74, 6) is 0.275. The molecule has 3 aromatic rings.